The van der Waals surface area contributed by atoms with Crippen LogP contribution in [0.4, 0.5) is 4.39 Å². The molecular formula is C15H15BrFNO. The van der Waals surface area contributed by atoms with Gasteiger partial charge in [-0.05, 0) is 38.7 Å². The van der Waals surface area contributed by atoms with E-state index in [1.165, 1.54) is 6.07 Å². The van der Waals surface area contributed by atoms with Crippen molar-refractivity contribution in [2.24, 2.45) is 0 Å². The number of benzene rings is 2. The normalized spacial score (nSPS) is 10.7. The fourth-order valence-corrected chi connectivity index (χ4v) is 2.27. The first-order chi connectivity index (χ1) is 9.20. The van der Waals surface area contributed by atoms with Gasteiger partial charge in [-0.15, -0.1) is 0 Å². The molecule has 2 rings (SSSR count). The SMILES string of the molecule is OCc1cccc(CNCc2cccc(F)c2Br)c1. The highest BCUT2D eigenvalue weighted by molar-refractivity contribution is 9.10. The van der Waals surface area contributed by atoms with E-state index < -0.39 is 0 Å². The molecule has 0 saturated heterocycles. The fraction of sp³-hybridized carbons (Fsp3) is 0.200. The average Bonchev–Trinajstić information content (AvgIpc) is 2.44. The fourth-order valence-electron chi connectivity index (χ4n) is 1.86. The van der Waals surface area contributed by atoms with E-state index in [1.807, 2.05) is 30.3 Å². The Morgan fingerprint density at radius 1 is 1.05 bits per heavy atom. The number of halogens is 2. The summed E-state index contributed by atoms with van der Waals surface area (Å²) in [6, 6.07) is 12.7. The van der Waals surface area contributed by atoms with Crippen molar-refractivity contribution in [3.05, 3.63) is 69.4 Å². The van der Waals surface area contributed by atoms with Gasteiger partial charge in [-0.1, -0.05) is 36.4 Å². The molecular weight excluding hydrogens is 309 g/mol. The third-order valence-electron chi connectivity index (χ3n) is 2.85. The largest absolute Gasteiger partial charge is 0.392 e. The van der Waals surface area contributed by atoms with Gasteiger partial charge in [0.2, 0.25) is 0 Å². The van der Waals surface area contributed by atoms with E-state index in [4.69, 9.17) is 5.11 Å². The van der Waals surface area contributed by atoms with Crippen LogP contribution in [0.25, 0.3) is 0 Å². The van der Waals surface area contributed by atoms with Crippen LogP contribution in [0.3, 0.4) is 0 Å². The summed E-state index contributed by atoms with van der Waals surface area (Å²) >= 11 is 3.24. The van der Waals surface area contributed by atoms with Crippen LogP contribution in [0.5, 0.6) is 0 Å². The summed E-state index contributed by atoms with van der Waals surface area (Å²) in [4.78, 5) is 0. The van der Waals surface area contributed by atoms with Crippen molar-refractivity contribution in [2.45, 2.75) is 19.7 Å². The van der Waals surface area contributed by atoms with Gasteiger partial charge in [-0.2, -0.15) is 0 Å². The topological polar surface area (TPSA) is 32.3 Å². The number of aliphatic hydroxyl groups excluding tert-OH is 1. The molecule has 0 aromatic heterocycles. The van der Waals surface area contributed by atoms with E-state index in [-0.39, 0.29) is 12.4 Å². The number of aliphatic hydroxyl groups is 1. The molecule has 2 N–H and O–H groups in total. The van der Waals surface area contributed by atoms with Gasteiger partial charge in [-0.3, -0.25) is 0 Å². The van der Waals surface area contributed by atoms with E-state index >= 15 is 0 Å². The van der Waals surface area contributed by atoms with Gasteiger partial charge < -0.3 is 10.4 Å². The van der Waals surface area contributed by atoms with Crippen molar-refractivity contribution in [3.8, 4) is 0 Å². The third kappa shape index (κ3) is 3.86. The van der Waals surface area contributed by atoms with Crippen LogP contribution in [0.1, 0.15) is 16.7 Å². The molecule has 0 fully saturated rings. The van der Waals surface area contributed by atoms with E-state index in [0.717, 1.165) is 16.7 Å². The van der Waals surface area contributed by atoms with Crippen LogP contribution in [-0.2, 0) is 19.7 Å². The molecule has 0 atom stereocenters. The van der Waals surface area contributed by atoms with E-state index in [9.17, 15) is 4.39 Å². The minimum atomic E-state index is -0.249. The lowest BCUT2D eigenvalue weighted by atomic mass is 10.1. The first-order valence-corrected chi connectivity index (χ1v) is 6.82. The van der Waals surface area contributed by atoms with Gasteiger partial charge in [0.25, 0.3) is 0 Å². The first kappa shape index (κ1) is 14.2. The Morgan fingerprint density at radius 2 is 1.79 bits per heavy atom. The maximum atomic E-state index is 13.3. The molecule has 2 aromatic carbocycles. The van der Waals surface area contributed by atoms with Crippen LogP contribution in [0.15, 0.2) is 46.9 Å². The van der Waals surface area contributed by atoms with Crippen molar-refractivity contribution in [2.75, 3.05) is 0 Å². The lowest BCUT2D eigenvalue weighted by Gasteiger charge is -2.08. The number of nitrogens with one attached hydrogen (secondary N) is 1. The van der Waals surface area contributed by atoms with Crippen LogP contribution >= 0.6 is 15.9 Å². The van der Waals surface area contributed by atoms with Crippen LogP contribution in [0.2, 0.25) is 0 Å². The molecule has 0 spiro atoms. The van der Waals surface area contributed by atoms with Crippen molar-refractivity contribution in [1.82, 2.24) is 5.32 Å². The molecule has 0 amide bonds. The molecule has 0 saturated carbocycles. The molecule has 0 radical (unpaired) electrons. The summed E-state index contributed by atoms with van der Waals surface area (Å²) in [5.74, 6) is -0.249. The Morgan fingerprint density at radius 3 is 2.58 bits per heavy atom. The van der Waals surface area contributed by atoms with Crippen LogP contribution < -0.4 is 5.32 Å². The van der Waals surface area contributed by atoms with E-state index in [1.54, 1.807) is 6.07 Å². The molecule has 4 heteroatoms. The molecule has 100 valence electrons. The minimum Gasteiger partial charge on any atom is -0.392 e. The van der Waals surface area contributed by atoms with Crippen LogP contribution in [0, 0.1) is 5.82 Å². The molecule has 2 aromatic rings. The summed E-state index contributed by atoms with van der Waals surface area (Å²) < 4.78 is 13.8. The Bertz CT molecular complexity index is 560. The Hall–Kier alpha value is -1.23. The Kier molecular flexibility index (Phi) is 5.07. The highest BCUT2D eigenvalue weighted by Crippen LogP contribution is 2.20. The number of hydrogen-bond donors (Lipinski definition) is 2. The van der Waals surface area contributed by atoms with Gasteiger partial charge in [0.15, 0.2) is 0 Å². The maximum absolute atomic E-state index is 13.3. The van der Waals surface area contributed by atoms with E-state index in [2.05, 4.69) is 21.2 Å². The molecule has 0 aliphatic rings. The maximum Gasteiger partial charge on any atom is 0.137 e. The Labute approximate surface area is 120 Å². The third-order valence-corrected chi connectivity index (χ3v) is 3.74. The van der Waals surface area contributed by atoms with Crippen molar-refractivity contribution >= 4 is 15.9 Å². The molecule has 0 aliphatic heterocycles. The van der Waals surface area contributed by atoms with Gasteiger partial charge in [0.1, 0.15) is 5.82 Å². The summed E-state index contributed by atoms with van der Waals surface area (Å²) in [5.41, 5.74) is 2.88. The lowest BCUT2D eigenvalue weighted by molar-refractivity contribution is 0.281. The van der Waals surface area contributed by atoms with Gasteiger partial charge in [0.05, 0.1) is 11.1 Å². The molecule has 0 heterocycles. The summed E-state index contributed by atoms with van der Waals surface area (Å²) in [5, 5.41) is 12.3. The van der Waals surface area contributed by atoms with Gasteiger partial charge >= 0.3 is 0 Å². The predicted molar refractivity (Wildman–Crippen MR) is 77.0 cm³/mol. The number of hydrogen-bond acceptors (Lipinski definition) is 2. The molecule has 19 heavy (non-hydrogen) atoms. The lowest BCUT2D eigenvalue weighted by Crippen LogP contribution is -2.13. The van der Waals surface area contributed by atoms with Crippen molar-refractivity contribution in [1.29, 1.82) is 0 Å². The zero-order valence-electron chi connectivity index (χ0n) is 10.4. The van der Waals surface area contributed by atoms with Gasteiger partial charge in [0, 0.05) is 13.1 Å². The Balaban J connectivity index is 1.94. The van der Waals surface area contributed by atoms with Crippen molar-refractivity contribution < 1.29 is 9.50 Å². The highest BCUT2D eigenvalue weighted by atomic mass is 79.9. The second kappa shape index (κ2) is 6.80. The zero-order valence-corrected chi connectivity index (χ0v) is 12.0. The standard InChI is InChI=1S/C15H15BrFNO/c16-15-13(5-2-6-14(15)17)9-18-8-11-3-1-4-12(7-11)10-19/h1-7,18-19H,8-10H2. The minimum absolute atomic E-state index is 0.0449. The molecule has 0 unspecified atom stereocenters. The summed E-state index contributed by atoms with van der Waals surface area (Å²) in [6.07, 6.45) is 0. The van der Waals surface area contributed by atoms with E-state index in [0.29, 0.717) is 17.6 Å². The number of rotatable bonds is 5. The quantitative estimate of drug-likeness (QED) is 0.884. The van der Waals surface area contributed by atoms with Crippen LogP contribution in [-0.4, -0.2) is 5.11 Å². The first-order valence-electron chi connectivity index (χ1n) is 6.03. The zero-order chi connectivity index (χ0) is 13.7. The second-order valence-electron chi connectivity index (χ2n) is 4.29. The summed E-state index contributed by atoms with van der Waals surface area (Å²) in [6.45, 7) is 1.31. The monoisotopic (exact) mass is 323 g/mol. The van der Waals surface area contributed by atoms with Crippen molar-refractivity contribution in [3.63, 3.8) is 0 Å². The highest BCUT2D eigenvalue weighted by Gasteiger charge is 2.04. The summed E-state index contributed by atoms with van der Waals surface area (Å²) in [7, 11) is 0. The predicted octanol–water partition coefficient (Wildman–Crippen LogP) is 3.37. The molecule has 0 aliphatic carbocycles. The molecule has 2 nitrogen and oxygen atoms in total. The second-order valence-corrected chi connectivity index (χ2v) is 5.09. The van der Waals surface area contributed by atoms with Gasteiger partial charge in [-0.25, -0.2) is 4.39 Å². The average molecular weight is 324 g/mol. The molecule has 0 bridgehead atoms. The smallest absolute Gasteiger partial charge is 0.137 e.